The van der Waals surface area contributed by atoms with Crippen molar-refractivity contribution in [1.82, 2.24) is 15.5 Å². The number of urea groups is 1. The molecule has 4 heteroatoms. The molecule has 0 aliphatic rings. The van der Waals surface area contributed by atoms with E-state index in [9.17, 15) is 4.79 Å². The predicted molar refractivity (Wildman–Crippen MR) is 104 cm³/mol. The van der Waals surface area contributed by atoms with Crippen molar-refractivity contribution < 1.29 is 4.79 Å². The number of likely N-dealkylation sites (N-methyl/N-ethyl adjacent to an activating group) is 1. The third-order valence-electron chi connectivity index (χ3n) is 4.16. The third kappa shape index (κ3) is 7.86. The van der Waals surface area contributed by atoms with E-state index in [1.807, 2.05) is 43.3 Å². The van der Waals surface area contributed by atoms with Crippen LogP contribution >= 0.6 is 0 Å². The number of benzene rings is 2. The first kappa shape index (κ1) is 19.0. The third-order valence-corrected chi connectivity index (χ3v) is 4.16. The van der Waals surface area contributed by atoms with Crippen molar-refractivity contribution in [3.05, 3.63) is 71.8 Å². The van der Waals surface area contributed by atoms with Gasteiger partial charge in [0.05, 0.1) is 0 Å². The first-order valence-electron chi connectivity index (χ1n) is 8.94. The molecule has 0 aromatic heterocycles. The van der Waals surface area contributed by atoms with Crippen LogP contribution in [0.15, 0.2) is 60.7 Å². The Morgan fingerprint density at radius 2 is 1.60 bits per heavy atom. The van der Waals surface area contributed by atoms with Crippen LogP contribution in [0.25, 0.3) is 0 Å². The fourth-order valence-electron chi connectivity index (χ4n) is 2.71. The monoisotopic (exact) mass is 339 g/mol. The molecule has 0 heterocycles. The standard InChI is InChI=1S/C21H29N3O/c1-18(13-14-19-9-5-3-6-10-19)23-21(25)22-15-16-24(2)17-20-11-7-4-8-12-20/h3-12,18H,13-17H2,1-2H3,(H2,22,23,25). The average Bonchev–Trinajstić information content (AvgIpc) is 2.61. The minimum absolute atomic E-state index is 0.0892. The molecule has 2 aromatic carbocycles. The maximum atomic E-state index is 12.0. The van der Waals surface area contributed by atoms with E-state index >= 15 is 0 Å². The zero-order valence-corrected chi connectivity index (χ0v) is 15.2. The summed E-state index contributed by atoms with van der Waals surface area (Å²) in [5.74, 6) is 0. The molecule has 2 amide bonds. The number of hydrogen-bond donors (Lipinski definition) is 2. The smallest absolute Gasteiger partial charge is 0.315 e. The minimum atomic E-state index is -0.0892. The number of nitrogens with one attached hydrogen (secondary N) is 2. The Morgan fingerprint density at radius 1 is 1.00 bits per heavy atom. The second-order valence-corrected chi connectivity index (χ2v) is 6.55. The lowest BCUT2D eigenvalue weighted by atomic mass is 10.1. The van der Waals surface area contributed by atoms with Crippen molar-refractivity contribution in [2.24, 2.45) is 0 Å². The first-order valence-corrected chi connectivity index (χ1v) is 8.94. The van der Waals surface area contributed by atoms with E-state index in [4.69, 9.17) is 0 Å². The largest absolute Gasteiger partial charge is 0.337 e. The van der Waals surface area contributed by atoms with Gasteiger partial charge in [0.1, 0.15) is 0 Å². The first-order chi connectivity index (χ1) is 12.1. The molecule has 0 fully saturated rings. The molecule has 0 bridgehead atoms. The summed E-state index contributed by atoms with van der Waals surface area (Å²) in [6.45, 7) is 4.39. The van der Waals surface area contributed by atoms with Crippen LogP contribution in [0.3, 0.4) is 0 Å². The summed E-state index contributed by atoms with van der Waals surface area (Å²) in [4.78, 5) is 14.2. The van der Waals surface area contributed by atoms with Gasteiger partial charge in [-0.2, -0.15) is 0 Å². The molecular formula is C21H29N3O. The van der Waals surface area contributed by atoms with Gasteiger partial charge >= 0.3 is 6.03 Å². The number of carbonyl (C=O) groups is 1. The lowest BCUT2D eigenvalue weighted by Crippen LogP contribution is -2.43. The lowest BCUT2D eigenvalue weighted by Gasteiger charge is -2.18. The normalized spacial score (nSPS) is 12.0. The van der Waals surface area contributed by atoms with E-state index < -0.39 is 0 Å². The fraction of sp³-hybridized carbons (Fsp3) is 0.381. The van der Waals surface area contributed by atoms with Gasteiger partial charge in [0.2, 0.25) is 0 Å². The average molecular weight is 339 g/mol. The van der Waals surface area contributed by atoms with Gasteiger partial charge in [0, 0.05) is 25.7 Å². The Kier molecular flexibility index (Phi) is 7.99. The summed E-state index contributed by atoms with van der Waals surface area (Å²) in [6.07, 6.45) is 1.91. The van der Waals surface area contributed by atoms with Gasteiger partial charge in [-0.3, -0.25) is 0 Å². The van der Waals surface area contributed by atoms with Crippen molar-refractivity contribution in [3.8, 4) is 0 Å². The molecule has 4 nitrogen and oxygen atoms in total. The number of rotatable bonds is 9. The summed E-state index contributed by atoms with van der Waals surface area (Å²) in [7, 11) is 2.06. The number of amides is 2. The highest BCUT2D eigenvalue weighted by Crippen LogP contribution is 2.04. The molecule has 2 rings (SSSR count). The molecule has 0 radical (unpaired) electrons. The summed E-state index contributed by atoms with van der Waals surface area (Å²) in [5, 5.41) is 5.94. The van der Waals surface area contributed by atoms with Crippen molar-refractivity contribution in [2.45, 2.75) is 32.4 Å². The van der Waals surface area contributed by atoms with Gasteiger partial charge in [0.15, 0.2) is 0 Å². The Bertz CT molecular complexity index is 616. The van der Waals surface area contributed by atoms with Crippen LogP contribution in [0.2, 0.25) is 0 Å². The predicted octanol–water partition coefficient (Wildman–Crippen LogP) is 3.44. The second kappa shape index (κ2) is 10.5. The highest BCUT2D eigenvalue weighted by molar-refractivity contribution is 5.74. The van der Waals surface area contributed by atoms with Gasteiger partial charge in [0.25, 0.3) is 0 Å². The van der Waals surface area contributed by atoms with Crippen molar-refractivity contribution in [1.29, 1.82) is 0 Å². The highest BCUT2D eigenvalue weighted by atomic mass is 16.2. The Labute approximate surface area is 151 Å². The van der Waals surface area contributed by atoms with E-state index in [-0.39, 0.29) is 12.1 Å². The number of hydrogen-bond acceptors (Lipinski definition) is 2. The van der Waals surface area contributed by atoms with Crippen LogP contribution in [0.1, 0.15) is 24.5 Å². The van der Waals surface area contributed by atoms with E-state index in [0.717, 1.165) is 25.9 Å². The zero-order chi connectivity index (χ0) is 17.9. The molecule has 25 heavy (non-hydrogen) atoms. The van der Waals surface area contributed by atoms with Gasteiger partial charge in [-0.25, -0.2) is 4.79 Å². The lowest BCUT2D eigenvalue weighted by molar-refractivity contribution is 0.234. The van der Waals surface area contributed by atoms with E-state index in [1.165, 1.54) is 11.1 Å². The van der Waals surface area contributed by atoms with Gasteiger partial charge in [-0.1, -0.05) is 60.7 Å². The maximum Gasteiger partial charge on any atom is 0.315 e. The van der Waals surface area contributed by atoms with Crippen molar-refractivity contribution in [2.75, 3.05) is 20.1 Å². The Balaban J connectivity index is 1.58. The van der Waals surface area contributed by atoms with Crippen LogP contribution in [0.5, 0.6) is 0 Å². The van der Waals surface area contributed by atoms with Crippen LogP contribution in [-0.4, -0.2) is 37.1 Å². The van der Waals surface area contributed by atoms with E-state index in [1.54, 1.807) is 0 Å². The minimum Gasteiger partial charge on any atom is -0.337 e. The number of carbonyl (C=O) groups excluding carboxylic acids is 1. The maximum absolute atomic E-state index is 12.0. The molecule has 0 spiro atoms. The Hall–Kier alpha value is -2.33. The molecule has 0 saturated heterocycles. The molecule has 2 aromatic rings. The molecule has 0 aliphatic carbocycles. The van der Waals surface area contributed by atoms with Crippen molar-refractivity contribution >= 4 is 6.03 Å². The molecule has 0 aliphatic heterocycles. The molecular weight excluding hydrogens is 310 g/mol. The topological polar surface area (TPSA) is 44.4 Å². The number of aryl methyl sites for hydroxylation is 1. The quantitative estimate of drug-likeness (QED) is 0.735. The second-order valence-electron chi connectivity index (χ2n) is 6.55. The number of nitrogens with zero attached hydrogens (tertiary/aromatic N) is 1. The summed E-state index contributed by atoms with van der Waals surface area (Å²) in [6, 6.07) is 20.8. The van der Waals surface area contributed by atoms with Crippen LogP contribution in [0.4, 0.5) is 4.79 Å². The van der Waals surface area contributed by atoms with E-state index in [2.05, 4.69) is 46.8 Å². The van der Waals surface area contributed by atoms with Crippen molar-refractivity contribution in [3.63, 3.8) is 0 Å². The van der Waals surface area contributed by atoms with E-state index in [0.29, 0.717) is 6.54 Å². The molecule has 2 N–H and O–H groups in total. The van der Waals surface area contributed by atoms with Gasteiger partial charge < -0.3 is 15.5 Å². The van der Waals surface area contributed by atoms with Crippen LogP contribution < -0.4 is 10.6 Å². The SMILES string of the molecule is CC(CCc1ccccc1)NC(=O)NCCN(C)Cc1ccccc1. The summed E-state index contributed by atoms with van der Waals surface area (Å²) in [5.41, 5.74) is 2.59. The van der Waals surface area contributed by atoms with Gasteiger partial charge in [-0.05, 0) is 37.9 Å². The summed E-state index contributed by atoms with van der Waals surface area (Å²) < 4.78 is 0. The zero-order valence-electron chi connectivity index (χ0n) is 15.2. The molecule has 134 valence electrons. The fourth-order valence-corrected chi connectivity index (χ4v) is 2.71. The van der Waals surface area contributed by atoms with Gasteiger partial charge in [-0.15, -0.1) is 0 Å². The molecule has 0 saturated carbocycles. The highest BCUT2D eigenvalue weighted by Gasteiger charge is 2.07. The van der Waals surface area contributed by atoms with Crippen LogP contribution in [-0.2, 0) is 13.0 Å². The van der Waals surface area contributed by atoms with Crippen LogP contribution in [0, 0.1) is 0 Å². The molecule has 1 unspecified atom stereocenters. The Morgan fingerprint density at radius 3 is 2.24 bits per heavy atom. The summed E-state index contributed by atoms with van der Waals surface area (Å²) >= 11 is 0. The molecule has 1 atom stereocenters.